The number of furan rings is 1. The number of hydrogen-bond donors (Lipinski definition) is 1. The lowest BCUT2D eigenvalue weighted by Crippen LogP contribution is -2.42. The van der Waals surface area contributed by atoms with Gasteiger partial charge in [-0.2, -0.15) is 0 Å². The van der Waals surface area contributed by atoms with Crippen LogP contribution in [0.3, 0.4) is 0 Å². The SMILES string of the molecule is Cc1ccc([C@H](CNC(=O)COc2ccc(Br)cc2)N2CCC(C)CC2)o1. The lowest BCUT2D eigenvalue weighted by molar-refractivity contribution is -0.123. The first-order chi connectivity index (χ1) is 13.0. The number of piperidine rings is 1. The van der Waals surface area contributed by atoms with E-state index in [4.69, 9.17) is 9.15 Å². The molecule has 27 heavy (non-hydrogen) atoms. The molecule has 0 radical (unpaired) electrons. The van der Waals surface area contributed by atoms with E-state index in [9.17, 15) is 4.79 Å². The molecule has 6 heteroatoms. The second kappa shape index (κ2) is 9.42. The Kier molecular flexibility index (Phi) is 6.96. The highest BCUT2D eigenvalue weighted by Crippen LogP contribution is 2.27. The largest absolute Gasteiger partial charge is 0.484 e. The molecule has 1 aromatic heterocycles. The zero-order chi connectivity index (χ0) is 19.2. The normalized spacial score (nSPS) is 16.9. The minimum Gasteiger partial charge on any atom is -0.484 e. The number of benzene rings is 1. The van der Waals surface area contributed by atoms with E-state index in [0.717, 1.165) is 35.0 Å². The summed E-state index contributed by atoms with van der Waals surface area (Å²) in [5, 5.41) is 3.01. The number of nitrogens with one attached hydrogen (secondary N) is 1. The van der Waals surface area contributed by atoms with Gasteiger partial charge in [-0.05, 0) is 75.2 Å². The zero-order valence-corrected chi connectivity index (χ0v) is 17.5. The Bertz CT molecular complexity index is 736. The van der Waals surface area contributed by atoms with Crippen LogP contribution in [-0.4, -0.2) is 37.0 Å². The third-order valence-electron chi connectivity index (χ3n) is 5.02. The van der Waals surface area contributed by atoms with Gasteiger partial charge in [0.15, 0.2) is 6.61 Å². The predicted molar refractivity (Wildman–Crippen MR) is 109 cm³/mol. The molecule has 1 atom stereocenters. The highest BCUT2D eigenvalue weighted by molar-refractivity contribution is 9.10. The van der Waals surface area contributed by atoms with Crippen LogP contribution in [0.15, 0.2) is 45.3 Å². The second-order valence-corrected chi connectivity index (χ2v) is 8.15. The lowest BCUT2D eigenvalue weighted by atomic mass is 9.97. The van der Waals surface area contributed by atoms with E-state index in [1.165, 1.54) is 12.8 Å². The van der Waals surface area contributed by atoms with Gasteiger partial charge in [0.2, 0.25) is 0 Å². The first-order valence-electron chi connectivity index (χ1n) is 9.46. The van der Waals surface area contributed by atoms with E-state index in [1.807, 2.05) is 43.3 Å². The highest BCUT2D eigenvalue weighted by atomic mass is 79.9. The maximum Gasteiger partial charge on any atom is 0.258 e. The summed E-state index contributed by atoms with van der Waals surface area (Å²) in [6.07, 6.45) is 2.35. The molecule has 1 amide bonds. The van der Waals surface area contributed by atoms with Gasteiger partial charge in [-0.15, -0.1) is 0 Å². The molecule has 1 N–H and O–H groups in total. The molecule has 1 fully saturated rings. The van der Waals surface area contributed by atoms with Crippen LogP contribution in [0.4, 0.5) is 0 Å². The summed E-state index contributed by atoms with van der Waals surface area (Å²) >= 11 is 3.38. The van der Waals surface area contributed by atoms with Gasteiger partial charge >= 0.3 is 0 Å². The molecule has 5 nitrogen and oxygen atoms in total. The van der Waals surface area contributed by atoms with Crippen molar-refractivity contribution in [1.29, 1.82) is 0 Å². The molecule has 1 saturated heterocycles. The molecule has 1 aromatic carbocycles. The van der Waals surface area contributed by atoms with E-state index < -0.39 is 0 Å². The van der Waals surface area contributed by atoms with Gasteiger partial charge < -0.3 is 14.5 Å². The summed E-state index contributed by atoms with van der Waals surface area (Å²) in [7, 11) is 0. The van der Waals surface area contributed by atoms with Crippen molar-refractivity contribution in [2.45, 2.75) is 32.7 Å². The average molecular weight is 435 g/mol. The molecule has 146 valence electrons. The fourth-order valence-corrected chi connectivity index (χ4v) is 3.59. The van der Waals surface area contributed by atoms with Crippen LogP contribution in [-0.2, 0) is 4.79 Å². The molecule has 0 spiro atoms. The number of rotatable bonds is 7. The number of ether oxygens (including phenoxy) is 1. The van der Waals surface area contributed by atoms with Crippen LogP contribution in [0.5, 0.6) is 5.75 Å². The van der Waals surface area contributed by atoms with E-state index in [2.05, 4.69) is 33.1 Å². The summed E-state index contributed by atoms with van der Waals surface area (Å²) < 4.78 is 12.4. The van der Waals surface area contributed by atoms with Gasteiger partial charge in [-0.1, -0.05) is 22.9 Å². The summed E-state index contributed by atoms with van der Waals surface area (Å²) in [5.74, 6) is 3.11. The summed E-state index contributed by atoms with van der Waals surface area (Å²) in [5.41, 5.74) is 0. The van der Waals surface area contributed by atoms with Gasteiger partial charge in [0.1, 0.15) is 17.3 Å². The molecular formula is C21H27BrN2O3. The predicted octanol–water partition coefficient (Wildman–Crippen LogP) is 4.32. The molecule has 1 aliphatic heterocycles. The number of carbonyl (C=O) groups is 1. The van der Waals surface area contributed by atoms with Crippen LogP contribution in [0.2, 0.25) is 0 Å². The Morgan fingerprint density at radius 1 is 1.26 bits per heavy atom. The fraction of sp³-hybridized carbons (Fsp3) is 0.476. The molecule has 3 rings (SSSR count). The summed E-state index contributed by atoms with van der Waals surface area (Å²) in [6.45, 7) is 6.81. The minimum absolute atomic E-state index is 0.00255. The maximum absolute atomic E-state index is 12.3. The Hall–Kier alpha value is -1.79. The minimum atomic E-state index is -0.128. The van der Waals surface area contributed by atoms with Gasteiger partial charge in [-0.3, -0.25) is 9.69 Å². The maximum atomic E-state index is 12.3. The molecule has 0 bridgehead atoms. The van der Waals surface area contributed by atoms with Gasteiger partial charge in [0.25, 0.3) is 5.91 Å². The Labute approximate surface area is 169 Å². The molecule has 2 aromatic rings. The van der Waals surface area contributed by atoms with Crippen LogP contribution < -0.4 is 10.1 Å². The van der Waals surface area contributed by atoms with Crippen molar-refractivity contribution < 1.29 is 13.9 Å². The number of halogens is 1. The fourth-order valence-electron chi connectivity index (χ4n) is 3.32. The van der Waals surface area contributed by atoms with Crippen LogP contribution in [0.25, 0.3) is 0 Å². The summed E-state index contributed by atoms with van der Waals surface area (Å²) in [6, 6.07) is 11.5. The topological polar surface area (TPSA) is 54.7 Å². The monoisotopic (exact) mass is 434 g/mol. The van der Waals surface area contributed by atoms with Gasteiger partial charge in [-0.25, -0.2) is 0 Å². The number of hydrogen-bond acceptors (Lipinski definition) is 4. The van der Waals surface area contributed by atoms with Crippen molar-refractivity contribution in [2.75, 3.05) is 26.2 Å². The standard InChI is InChI=1S/C21H27BrN2O3/c1-15-9-11-24(12-10-15)19(20-8-3-16(2)27-20)13-23-21(25)14-26-18-6-4-17(22)5-7-18/h3-8,15,19H,9-14H2,1-2H3,(H,23,25)/t19-/m0/s1. The number of likely N-dealkylation sites (tertiary alicyclic amines) is 1. The molecule has 0 unspecified atom stereocenters. The Morgan fingerprint density at radius 2 is 1.96 bits per heavy atom. The first kappa shape index (κ1) is 20.0. The van der Waals surface area contributed by atoms with Crippen LogP contribution in [0.1, 0.15) is 37.3 Å². The van der Waals surface area contributed by atoms with E-state index in [-0.39, 0.29) is 18.6 Å². The van der Waals surface area contributed by atoms with E-state index in [0.29, 0.717) is 12.3 Å². The Morgan fingerprint density at radius 3 is 2.59 bits per heavy atom. The first-order valence-corrected chi connectivity index (χ1v) is 10.3. The van der Waals surface area contributed by atoms with Crippen molar-refractivity contribution >= 4 is 21.8 Å². The lowest BCUT2D eigenvalue weighted by Gasteiger charge is -2.35. The average Bonchev–Trinajstić information content (AvgIpc) is 3.09. The van der Waals surface area contributed by atoms with Gasteiger partial charge in [0, 0.05) is 11.0 Å². The van der Waals surface area contributed by atoms with Gasteiger partial charge in [0.05, 0.1) is 6.04 Å². The highest BCUT2D eigenvalue weighted by Gasteiger charge is 2.27. The third kappa shape index (κ3) is 5.84. The zero-order valence-electron chi connectivity index (χ0n) is 15.9. The Balaban J connectivity index is 1.55. The molecule has 0 aliphatic carbocycles. The molecule has 1 aliphatic rings. The van der Waals surface area contributed by atoms with E-state index >= 15 is 0 Å². The van der Waals surface area contributed by atoms with Crippen molar-refractivity contribution in [1.82, 2.24) is 10.2 Å². The van der Waals surface area contributed by atoms with Crippen molar-refractivity contribution in [3.8, 4) is 5.75 Å². The second-order valence-electron chi connectivity index (χ2n) is 7.23. The molecular weight excluding hydrogens is 408 g/mol. The molecule has 2 heterocycles. The van der Waals surface area contributed by atoms with Crippen molar-refractivity contribution in [3.05, 3.63) is 52.4 Å². The quantitative estimate of drug-likeness (QED) is 0.704. The van der Waals surface area contributed by atoms with Crippen LogP contribution in [0, 0.1) is 12.8 Å². The molecule has 0 saturated carbocycles. The van der Waals surface area contributed by atoms with Crippen LogP contribution >= 0.6 is 15.9 Å². The number of nitrogens with zero attached hydrogens (tertiary/aromatic N) is 1. The van der Waals surface area contributed by atoms with Crippen molar-refractivity contribution in [3.63, 3.8) is 0 Å². The number of amides is 1. The van der Waals surface area contributed by atoms with E-state index in [1.54, 1.807) is 0 Å². The summed E-state index contributed by atoms with van der Waals surface area (Å²) in [4.78, 5) is 14.7. The van der Waals surface area contributed by atoms with Crippen molar-refractivity contribution in [2.24, 2.45) is 5.92 Å². The smallest absolute Gasteiger partial charge is 0.258 e. The third-order valence-corrected chi connectivity index (χ3v) is 5.55. The number of carbonyl (C=O) groups excluding carboxylic acids is 1. The number of aryl methyl sites for hydroxylation is 1.